The van der Waals surface area contributed by atoms with E-state index in [9.17, 15) is 0 Å². The zero-order chi connectivity index (χ0) is 8.32. The Balaban J connectivity index is 2.20. The van der Waals surface area contributed by atoms with Gasteiger partial charge in [-0.3, -0.25) is 0 Å². The van der Waals surface area contributed by atoms with E-state index in [1.165, 1.54) is 0 Å². The van der Waals surface area contributed by atoms with E-state index in [4.69, 9.17) is 19.9 Å². The largest absolute Gasteiger partial charge is 0.349 e. The van der Waals surface area contributed by atoms with Gasteiger partial charge in [0.15, 0.2) is 12.1 Å². The van der Waals surface area contributed by atoms with Gasteiger partial charge in [-0.25, -0.2) is 0 Å². The van der Waals surface area contributed by atoms with Crippen molar-refractivity contribution in [2.75, 3.05) is 19.8 Å². The molecule has 66 valence electrons. The summed E-state index contributed by atoms with van der Waals surface area (Å²) in [6.45, 7) is 5.25. The second-order valence-corrected chi connectivity index (χ2v) is 2.92. The predicted octanol–water partition coefficient (Wildman–Crippen LogP) is 0.0707. The van der Waals surface area contributed by atoms with E-state index in [0.717, 1.165) is 0 Å². The summed E-state index contributed by atoms with van der Waals surface area (Å²) in [7, 11) is 0. The van der Waals surface area contributed by atoms with Crippen molar-refractivity contribution in [3.8, 4) is 0 Å². The number of rotatable bonds is 3. The molecule has 0 amide bonds. The molecule has 0 aromatic rings. The maximum atomic E-state index is 5.35. The van der Waals surface area contributed by atoms with Crippen LogP contribution in [0.5, 0.6) is 0 Å². The van der Waals surface area contributed by atoms with Crippen LogP contribution in [0.4, 0.5) is 0 Å². The molecule has 0 saturated carbocycles. The van der Waals surface area contributed by atoms with E-state index in [0.29, 0.717) is 19.8 Å². The Morgan fingerprint density at radius 2 is 2.36 bits per heavy atom. The van der Waals surface area contributed by atoms with Crippen molar-refractivity contribution in [3.05, 3.63) is 0 Å². The molecular weight excluding hydrogens is 146 g/mol. The molecule has 0 aromatic heterocycles. The van der Waals surface area contributed by atoms with E-state index in [1.807, 2.05) is 13.8 Å². The molecule has 1 atom stereocenters. The first-order chi connectivity index (χ1) is 5.14. The Bertz CT molecular complexity index is 127. The van der Waals surface area contributed by atoms with Crippen molar-refractivity contribution in [1.82, 2.24) is 0 Å². The molecular formula is C7H15NO3. The average Bonchev–Trinajstić information content (AvgIpc) is 2.26. The van der Waals surface area contributed by atoms with Gasteiger partial charge in [0.25, 0.3) is 0 Å². The molecule has 0 aliphatic carbocycles. The third-order valence-corrected chi connectivity index (χ3v) is 1.40. The summed E-state index contributed by atoms with van der Waals surface area (Å²) in [5.74, 6) is -0.501. The average molecular weight is 161 g/mol. The third-order valence-electron chi connectivity index (χ3n) is 1.40. The lowest BCUT2D eigenvalue weighted by molar-refractivity contribution is -0.189. The minimum absolute atomic E-state index is 0.242. The van der Waals surface area contributed by atoms with Crippen molar-refractivity contribution < 1.29 is 14.2 Å². The van der Waals surface area contributed by atoms with E-state index >= 15 is 0 Å². The van der Waals surface area contributed by atoms with E-state index in [1.54, 1.807) is 0 Å². The zero-order valence-corrected chi connectivity index (χ0v) is 7.00. The highest BCUT2D eigenvalue weighted by Crippen LogP contribution is 2.22. The fraction of sp³-hybridized carbons (Fsp3) is 1.00. The quantitative estimate of drug-likeness (QED) is 0.636. The van der Waals surface area contributed by atoms with Gasteiger partial charge in [0.2, 0.25) is 0 Å². The smallest absolute Gasteiger partial charge is 0.184 e. The molecule has 11 heavy (non-hydrogen) atoms. The van der Waals surface area contributed by atoms with Gasteiger partial charge < -0.3 is 19.9 Å². The minimum Gasteiger partial charge on any atom is -0.349 e. The molecule has 0 radical (unpaired) electrons. The Morgan fingerprint density at radius 1 is 1.64 bits per heavy atom. The highest BCUT2D eigenvalue weighted by molar-refractivity contribution is 4.63. The van der Waals surface area contributed by atoms with Gasteiger partial charge in [-0.05, 0) is 13.8 Å². The van der Waals surface area contributed by atoms with Crippen LogP contribution >= 0.6 is 0 Å². The lowest BCUT2D eigenvalue weighted by atomic mass is 10.4. The number of hydrogen-bond acceptors (Lipinski definition) is 4. The molecule has 1 aliphatic heterocycles. The SMILES string of the molecule is CC1(C)OCC(OCCN)O1. The van der Waals surface area contributed by atoms with Gasteiger partial charge >= 0.3 is 0 Å². The lowest BCUT2D eigenvalue weighted by Crippen LogP contribution is -2.24. The Labute approximate surface area is 66.6 Å². The molecule has 1 heterocycles. The van der Waals surface area contributed by atoms with Crippen molar-refractivity contribution in [3.63, 3.8) is 0 Å². The number of ether oxygens (including phenoxy) is 3. The van der Waals surface area contributed by atoms with Crippen molar-refractivity contribution >= 4 is 0 Å². The second kappa shape index (κ2) is 3.49. The zero-order valence-electron chi connectivity index (χ0n) is 7.00. The summed E-state index contributed by atoms with van der Waals surface area (Å²) < 4.78 is 15.8. The predicted molar refractivity (Wildman–Crippen MR) is 39.9 cm³/mol. The van der Waals surface area contributed by atoms with Crippen LogP contribution in [-0.2, 0) is 14.2 Å². The maximum Gasteiger partial charge on any atom is 0.184 e. The fourth-order valence-corrected chi connectivity index (χ4v) is 0.935. The number of hydrogen-bond donors (Lipinski definition) is 1. The van der Waals surface area contributed by atoms with Crippen LogP contribution in [0.3, 0.4) is 0 Å². The highest BCUT2D eigenvalue weighted by Gasteiger charge is 2.32. The highest BCUT2D eigenvalue weighted by atomic mass is 16.8. The van der Waals surface area contributed by atoms with Crippen LogP contribution in [0.15, 0.2) is 0 Å². The standard InChI is InChI=1S/C7H15NO3/c1-7(2)10-5-6(11-7)9-4-3-8/h6H,3-5,8H2,1-2H3. The van der Waals surface area contributed by atoms with E-state index in [2.05, 4.69) is 0 Å². The Kier molecular flexibility index (Phi) is 2.84. The Morgan fingerprint density at radius 3 is 2.82 bits per heavy atom. The summed E-state index contributed by atoms with van der Waals surface area (Å²) >= 11 is 0. The topological polar surface area (TPSA) is 53.7 Å². The summed E-state index contributed by atoms with van der Waals surface area (Å²) in [5.41, 5.74) is 5.25. The van der Waals surface area contributed by atoms with Gasteiger partial charge in [0, 0.05) is 6.54 Å². The van der Waals surface area contributed by atoms with Gasteiger partial charge in [0.05, 0.1) is 6.61 Å². The van der Waals surface area contributed by atoms with Crippen LogP contribution in [0.25, 0.3) is 0 Å². The van der Waals surface area contributed by atoms with Gasteiger partial charge in [0.1, 0.15) is 6.61 Å². The molecule has 0 bridgehead atoms. The van der Waals surface area contributed by atoms with E-state index in [-0.39, 0.29) is 6.29 Å². The van der Waals surface area contributed by atoms with Crippen molar-refractivity contribution in [1.29, 1.82) is 0 Å². The van der Waals surface area contributed by atoms with Crippen LogP contribution < -0.4 is 5.73 Å². The minimum atomic E-state index is -0.501. The first-order valence-corrected chi connectivity index (χ1v) is 3.77. The van der Waals surface area contributed by atoms with E-state index < -0.39 is 5.79 Å². The molecule has 0 spiro atoms. The van der Waals surface area contributed by atoms with Crippen molar-refractivity contribution in [2.24, 2.45) is 5.73 Å². The first kappa shape index (κ1) is 8.93. The van der Waals surface area contributed by atoms with Crippen LogP contribution in [0, 0.1) is 0 Å². The van der Waals surface area contributed by atoms with Crippen LogP contribution in [0.2, 0.25) is 0 Å². The second-order valence-electron chi connectivity index (χ2n) is 2.92. The normalized spacial score (nSPS) is 29.2. The summed E-state index contributed by atoms with van der Waals surface area (Å²) in [6, 6.07) is 0. The summed E-state index contributed by atoms with van der Waals surface area (Å²) in [4.78, 5) is 0. The first-order valence-electron chi connectivity index (χ1n) is 3.77. The number of nitrogens with two attached hydrogens (primary N) is 1. The molecule has 4 heteroatoms. The molecule has 1 rings (SSSR count). The fourth-order valence-electron chi connectivity index (χ4n) is 0.935. The van der Waals surface area contributed by atoms with Crippen molar-refractivity contribution in [2.45, 2.75) is 25.9 Å². The molecule has 4 nitrogen and oxygen atoms in total. The molecule has 0 aromatic carbocycles. The van der Waals surface area contributed by atoms with Crippen LogP contribution in [-0.4, -0.2) is 31.8 Å². The molecule has 1 fully saturated rings. The monoisotopic (exact) mass is 161 g/mol. The summed E-state index contributed by atoms with van der Waals surface area (Å²) in [6.07, 6.45) is -0.242. The molecule has 1 aliphatic rings. The third kappa shape index (κ3) is 2.75. The van der Waals surface area contributed by atoms with Gasteiger partial charge in [-0.2, -0.15) is 0 Å². The molecule has 1 saturated heterocycles. The van der Waals surface area contributed by atoms with Gasteiger partial charge in [-0.1, -0.05) is 0 Å². The molecule has 2 N–H and O–H groups in total. The Hall–Kier alpha value is -0.160. The summed E-state index contributed by atoms with van der Waals surface area (Å²) in [5, 5.41) is 0. The van der Waals surface area contributed by atoms with Gasteiger partial charge in [-0.15, -0.1) is 0 Å². The van der Waals surface area contributed by atoms with Crippen LogP contribution in [0.1, 0.15) is 13.8 Å². The lowest BCUT2D eigenvalue weighted by Gasteiger charge is -2.16. The maximum absolute atomic E-state index is 5.35. The molecule has 1 unspecified atom stereocenters.